The van der Waals surface area contributed by atoms with Gasteiger partial charge in [0.2, 0.25) is 5.13 Å². The number of carbonyl (C=O) groups excluding carboxylic acids is 1. The van der Waals surface area contributed by atoms with Crippen molar-refractivity contribution in [2.45, 2.75) is 19.4 Å². The number of carbonyl (C=O) groups is 2. The van der Waals surface area contributed by atoms with Gasteiger partial charge in [0, 0.05) is 18.0 Å². The second kappa shape index (κ2) is 6.80. The summed E-state index contributed by atoms with van der Waals surface area (Å²) in [6, 6.07) is 7.47. The third kappa shape index (κ3) is 4.53. The minimum Gasteiger partial charge on any atom is -0.480 e. The number of benzene rings is 1. The maximum absolute atomic E-state index is 11.8. The lowest BCUT2D eigenvalue weighted by Crippen LogP contribution is -2.44. The molecule has 1 aromatic carbocycles. The molecule has 0 radical (unpaired) electrons. The highest BCUT2D eigenvalue weighted by Crippen LogP contribution is 2.10. The molecule has 0 bridgehead atoms. The van der Waals surface area contributed by atoms with Crippen molar-refractivity contribution in [3.05, 3.63) is 41.7 Å². The molecule has 2 aromatic rings. The number of hydrogen-bond donors (Lipinski definition) is 3. The van der Waals surface area contributed by atoms with Gasteiger partial charge in [0.15, 0.2) is 0 Å². The summed E-state index contributed by atoms with van der Waals surface area (Å²) in [7, 11) is 0. The van der Waals surface area contributed by atoms with Crippen molar-refractivity contribution in [2.75, 3.05) is 5.32 Å². The Balaban J connectivity index is 1.96. The number of nitrogens with zero attached hydrogens (tertiary/aromatic N) is 2. The molecule has 0 aliphatic heterocycles. The first-order valence-corrected chi connectivity index (χ1v) is 6.96. The zero-order valence-corrected chi connectivity index (χ0v) is 12.1. The first-order valence-electron chi connectivity index (χ1n) is 6.19. The summed E-state index contributed by atoms with van der Waals surface area (Å²) in [5, 5.41) is 14.4. The van der Waals surface area contributed by atoms with E-state index in [1.807, 2.05) is 30.3 Å². The largest absolute Gasteiger partial charge is 0.480 e. The molecule has 0 saturated heterocycles. The number of carboxylic acid groups (broad SMARTS) is 1. The van der Waals surface area contributed by atoms with Gasteiger partial charge >= 0.3 is 12.0 Å². The van der Waals surface area contributed by atoms with Crippen LogP contribution in [0.15, 0.2) is 30.3 Å². The van der Waals surface area contributed by atoms with Crippen LogP contribution in [0, 0.1) is 6.92 Å². The molecule has 110 valence electrons. The van der Waals surface area contributed by atoms with Gasteiger partial charge in [-0.15, -0.1) is 0 Å². The molecule has 0 fully saturated rings. The van der Waals surface area contributed by atoms with E-state index in [4.69, 9.17) is 0 Å². The number of nitrogens with one attached hydrogen (secondary N) is 2. The maximum Gasteiger partial charge on any atom is 0.326 e. The van der Waals surface area contributed by atoms with Crippen LogP contribution >= 0.6 is 11.5 Å². The fourth-order valence-electron chi connectivity index (χ4n) is 1.69. The van der Waals surface area contributed by atoms with Crippen molar-refractivity contribution in [1.29, 1.82) is 0 Å². The van der Waals surface area contributed by atoms with E-state index in [1.54, 1.807) is 6.92 Å². The van der Waals surface area contributed by atoms with Crippen molar-refractivity contribution in [2.24, 2.45) is 0 Å². The average Bonchev–Trinajstić information content (AvgIpc) is 2.84. The number of carboxylic acids is 1. The highest BCUT2D eigenvalue weighted by molar-refractivity contribution is 7.09. The van der Waals surface area contributed by atoms with Gasteiger partial charge in [-0.05, 0) is 12.5 Å². The van der Waals surface area contributed by atoms with E-state index < -0.39 is 18.0 Å². The molecular formula is C13H14N4O3S. The molecule has 1 heterocycles. The number of rotatable bonds is 5. The molecule has 1 atom stereocenters. The van der Waals surface area contributed by atoms with Gasteiger partial charge in [-0.25, -0.2) is 14.6 Å². The van der Waals surface area contributed by atoms with Crippen molar-refractivity contribution in [1.82, 2.24) is 14.7 Å². The normalized spacial score (nSPS) is 11.7. The van der Waals surface area contributed by atoms with Crippen LogP contribution in [0.3, 0.4) is 0 Å². The molecule has 3 N–H and O–H groups in total. The minimum atomic E-state index is -1.09. The van der Waals surface area contributed by atoms with Crippen LogP contribution in [0.4, 0.5) is 9.93 Å². The standard InChI is InChI=1S/C13H14N4O3S/c1-8-14-13(21-17-8)16-12(20)15-10(11(18)19)7-9-5-3-2-4-6-9/h2-6,10H,7H2,1H3,(H,18,19)(H2,14,15,16,17,20)/t10-/m1/s1. The van der Waals surface area contributed by atoms with Gasteiger partial charge in [-0.3, -0.25) is 5.32 Å². The average molecular weight is 306 g/mol. The van der Waals surface area contributed by atoms with E-state index in [2.05, 4.69) is 20.0 Å². The summed E-state index contributed by atoms with van der Waals surface area (Å²) in [4.78, 5) is 27.0. The van der Waals surface area contributed by atoms with Gasteiger partial charge in [-0.2, -0.15) is 4.37 Å². The molecule has 21 heavy (non-hydrogen) atoms. The zero-order chi connectivity index (χ0) is 15.2. The SMILES string of the molecule is Cc1nsc(NC(=O)N[C@H](Cc2ccccc2)C(=O)O)n1. The molecular weight excluding hydrogens is 292 g/mol. The molecule has 0 spiro atoms. The van der Waals surface area contributed by atoms with E-state index in [-0.39, 0.29) is 6.42 Å². The number of hydrogen-bond acceptors (Lipinski definition) is 5. The second-order valence-electron chi connectivity index (χ2n) is 4.33. The number of urea groups is 1. The Labute approximate surface area is 125 Å². The molecule has 0 saturated carbocycles. The van der Waals surface area contributed by atoms with Crippen LogP contribution in [0.25, 0.3) is 0 Å². The van der Waals surface area contributed by atoms with Gasteiger partial charge in [0.1, 0.15) is 11.9 Å². The Morgan fingerprint density at radius 3 is 2.62 bits per heavy atom. The maximum atomic E-state index is 11.8. The fraction of sp³-hybridized carbons (Fsp3) is 0.231. The zero-order valence-electron chi connectivity index (χ0n) is 11.2. The van der Waals surface area contributed by atoms with Crippen LogP contribution in [-0.2, 0) is 11.2 Å². The summed E-state index contributed by atoms with van der Waals surface area (Å²) in [6.07, 6.45) is 0.207. The van der Waals surface area contributed by atoms with Crippen LogP contribution in [0.2, 0.25) is 0 Å². The van der Waals surface area contributed by atoms with E-state index in [9.17, 15) is 14.7 Å². The third-order valence-electron chi connectivity index (χ3n) is 2.63. The predicted molar refractivity (Wildman–Crippen MR) is 78.4 cm³/mol. The Kier molecular flexibility index (Phi) is 4.83. The topological polar surface area (TPSA) is 104 Å². The summed E-state index contributed by atoms with van der Waals surface area (Å²) in [5.41, 5.74) is 0.831. The van der Waals surface area contributed by atoms with Gasteiger partial charge in [0.25, 0.3) is 0 Å². The Morgan fingerprint density at radius 2 is 2.05 bits per heavy atom. The van der Waals surface area contributed by atoms with Crippen LogP contribution < -0.4 is 10.6 Å². The van der Waals surface area contributed by atoms with Crippen LogP contribution in [0.1, 0.15) is 11.4 Å². The number of aromatic nitrogens is 2. The summed E-state index contributed by atoms with van der Waals surface area (Å²) >= 11 is 1.04. The summed E-state index contributed by atoms with van der Waals surface area (Å²) in [5.74, 6) is -0.545. The molecule has 0 aliphatic rings. The summed E-state index contributed by atoms with van der Waals surface area (Å²) < 4.78 is 3.92. The monoisotopic (exact) mass is 306 g/mol. The Hall–Kier alpha value is -2.48. The van der Waals surface area contributed by atoms with E-state index in [1.165, 1.54) is 0 Å². The van der Waals surface area contributed by atoms with Crippen molar-refractivity contribution >= 4 is 28.7 Å². The quantitative estimate of drug-likeness (QED) is 0.779. The van der Waals surface area contributed by atoms with Gasteiger partial charge in [-0.1, -0.05) is 30.3 Å². The molecule has 8 heteroatoms. The first kappa shape index (κ1) is 14.9. The van der Waals surface area contributed by atoms with Crippen LogP contribution in [0.5, 0.6) is 0 Å². The lowest BCUT2D eigenvalue weighted by atomic mass is 10.1. The van der Waals surface area contributed by atoms with Crippen molar-refractivity contribution in [3.8, 4) is 0 Å². The molecule has 1 aromatic heterocycles. The van der Waals surface area contributed by atoms with Crippen LogP contribution in [-0.4, -0.2) is 32.5 Å². The number of amides is 2. The Morgan fingerprint density at radius 1 is 1.33 bits per heavy atom. The molecule has 7 nitrogen and oxygen atoms in total. The lowest BCUT2D eigenvalue weighted by molar-refractivity contribution is -0.139. The molecule has 2 amide bonds. The number of aryl methyl sites for hydroxylation is 1. The first-order chi connectivity index (χ1) is 10.0. The number of aliphatic carboxylic acids is 1. The van der Waals surface area contributed by atoms with Crippen molar-refractivity contribution < 1.29 is 14.7 Å². The minimum absolute atomic E-state index is 0.207. The highest BCUT2D eigenvalue weighted by atomic mass is 32.1. The predicted octanol–water partition coefficient (Wildman–Crippen LogP) is 1.66. The molecule has 0 aliphatic carbocycles. The number of anilines is 1. The van der Waals surface area contributed by atoms with E-state index in [0.29, 0.717) is 11.0 Å². The smallest absolute Gasteiger partial charge is 0.326 e. The van der Waals surface area contributed by atoms with E-state index >= 15 is 0 Å². The summed E-state index contributed by atoms with van der Waals surface area (Å²) in [6.45, 7) is 1.70. The third-order valence-corrected chi connectivity index (χ3v) is 3.36. The lowest BCUT2D eigenvalue weighted by Gasteiger charge is -2.14. The molecule has 0 unspecified atom stereocenters. The second-order valence-corrected chi connectivity index (χ2v) is 5.08. The van der Waals surface area contributed by atoms with Gasteiger partial charge in [0.05, 0.1) is 0 Å². The van der Waals surface area contributed by atoms with Crippen molar-refractivity contribution in [3.63, 3.8) is 0 Å². The molecule has 2 rings (SSSR count). The fourth-order valence-corrected chi connectivity index (χ4v) is 2.26. The van der Waals surface area contributed by atoms with Gasteiger partial charge < -0.3 is 10.4 Å². The Bertz CT molecular complexity index is 629. The van der Waals surface area contributed by atoms with E-state index in [0.717, 1.165) is 17.1 Å². The highest BCUT2D eigenvalue weighted by Gasteiger charge is 2.20.